The molecule has 2 heterocycles. The summed E-state index contributed by atoms with van der Waals surface area (Å²) in [6.07, 6.45) is 1.74. The Morgan fingerprint density at radius 2 is 1.83 bits per heavy atom. The van der Waals surface area contributed by atoms with Crippen molar-refractivity contribution >= 4 is 33.1 Å². The quantitative estimate of drug-likeness (QED) is 0.460. The van der Waals surface area contributed by atoms with Crippen molar-refractivity contribution in [3.8, 4) is 5.69 Å². The summed E-state index contributed by atoms with van der Waals surface area (Å²) >= 11 is 1.47. The number of para-hydroxylation sites is 1. The molecule has 152 valence electrons. The highest BCUT2D eigenvalue weighted by atomic mass is 32.2. The van der Waals surface area contributed by atoms with Crippen molar-refractivity contribution in [3.05, 3.63) is 94.8 Å². The standard InChI is InChI=1S/C21H18N4O3S2/c26-21(23-20-11-12-25(24-20)17-7-2-1-3-8-17)16-6-4-10-19(14-16)30(27,28)22-15-18-9-5-13-29-18/h1-14,22H,15H2,(H,23,24,26). The molecule has 0 saturated carbocycles. The number of carbonyl (C=O) groups is 1. The average Bonchev–Trinajstić information content (AvgIpc) is 3.45. The molecule has 2 aromatic heterocycles. The van der Waals surface area contributed by atoms with E-state index >= 15 is 0 Å². The normalized spacial score (nSPS) is 11.3. The lowest BCUT2D eigenvalue weighted by atomic mass is 10.2. The minimum atomic E-state index is -3.74. The summed E-state index contributed by atoms with van der Waals surface area (Å²) in [7, 11) is -3.74. The van der Waals surface area contributed by atoms with Gasteiger partial charge >= 0.3 is 0 Å². The zero-order chi connectivity index (χ0) is 21.0. The van der Waals surface area contributed by atoms with Crippen molar-refractivity contribution < 1.29 is 13.2 Å². The summed E-state index contributed by atoms with van der Waals surface area (Å²) in [4.78, 5) is 13.5. The van der Waals surface area contributed by atoms with Crippen molar-refractivity contribution in [2.45, 2.75) is 11.4 Å². The van der Waals surface area contributed by atoms with E-state index in [4.69, 9.17) is 0 Å². The zero-order valence-corrected chi connectivity index (χ0v) is 17.4. The van der Waals surface area contributed by atoms with Gasteiger partial charge in [0.2, 0.25) is 10.0 Å². The van der Waals surface area contributed by atoms with Crippen LogP contribution in [-0.4, -0.2) is 24.1 Å². The third-order valence-electron chi connectivity index (χ3n) is 4.27. The van der Waals surface area contributed by atoms with Gasteiger partial charge in [-0.3, -0.25) is 4.79 Å². The Labute approximate surface area is 178 Å². The number of nitrogens with one attached hydrogen (secondary N) is 2. The SMILES string of the molecule is O=C(Nc1ccn(-c2ccccc2)n1)c1cccc(S(=O)(=O)NCc2cccs2)c1. The number of amides is 1. The van der Waals surface area contributed by atoms with Crippen molar-refractivity contribution in [1.29, 1.82) is 0 Å². The molecule has 4 aromatic rings. The third-order valence-corrected chi connectivity index (χ3v) is 6.55. The Morgan fingerprint density at radius 3 is 2.60 bits per heavy atom. The fourth-order valence-electron chi connectivity index (χ4n) is 2.77. The summed E-state index contributed by atoms with van der Waals surface area (Å²) in [5, 5.41) is 8.91. The minimum Gasteiger partial charge on any atom is -0.305 e. The molecule has 0 atom stereocenters. The number of aromatic nitrogens is 2. The molecule has 0 unspecified atom stereocenters. The molecule has 9 heteroatoms. The van der Waals surface area contributed by atoms with Crippen molar-refractivity contribution in [2.75, 3.05) is 5.32 Å². The summed E-state index contributed by atoms with van der Waals surface area (Å²) in [5.74, 6) is -0.0726. The van der Waals surface area contributed by atoms with E-state index in [-0.39, 0.29) is 17.0 Å². The van der Waals surface area contributed by atoms with Crippen molar-refractivity contribution in [1.82, 2.24) is 14.5 Å². The minimum absolute atomic E-state index is 0.0292. The largest absolute Gasteiger partial charge is 0.305 e. The van der Waals surface area contributed by atoms with Crippen LogP contribution >= 0.6 is 11.3 Å². The Balaban J connectivity index is 1.47. The van der Waals surface area contributed by atoms with Crippen LogP contribution in [0.3, 0.4) is 0 Å². The summed E-state index contributed by atoms with van der Waals surface area (Å²) < 4.78 is 29.3. The van der Waals surface area contributed by atoms with Crippen LogP contribution in [-0.2, 0) is 16.6 Å². The van der Waals surface area contributed by atoms with Gasteiger partial charge in [-0.25, -0.2) is 17.8 Å². The number of hydrogen-bond donors (Lipinski definition) is 2. The first kappa shape index (κ1) is 20.0. The van der Waals surface area contributed by atoms with E-state index in [2.05, 4.69) is 15.1 Å². The molecule has 0 aliphatic heterocycles. The second-order valence-corrected chi connectivity index (χ2v) is 9.17. The number of benzene rings is 2. The average molecular weight is 439 g/mol. The number of thiophene rings is 1. The second kappa shape index (κ2) is 8.62. The summed E-state index contributed by atoms with van der Waals surface area (Å²) in [5.41, 5.74) is 1.09. The van der Waals surface area contributed by atoms with Crippen LogP contribution in [0, 0.1) is 0 Å². The predicted molar refractivity (Wildman–Crippen MR) is 116 cm³/mol. The third kappa shape index (κ3) is 4.65. The lowest BCUT2D eigenvalue weighted by Gasteiger charge is -2.08. The van der Waals surface area contributed by atoms with E-state index in [9.17, 15) is 13.2 Å². The molecule has 4 rings (SSSR count). The number of nitrogens with zero attached hydrogens (tertiary/aromatic N) is 2. The van der Waals surface area contributed by atoms with Crippen LogP contribution in [0.4, 0.5) is 5.82 Å². The molecule has 1 amide bonds. The smallest absolute Gasteiger partial charge is 0.256 e. The Hall–Kier alpha value is -3.27. The maximum absolute atomic E-state index is 12.6. The summed E-state index contributed by atoms with van der Waals surface area (Å²) in [6.45, 7) is 0.202. The first-order valence-corrected chi connectivity index (χ1v) is 11.4. The molecule has 0 aliphatic rings. The van der Waals surface area contributed by atoms with Gasteiger partial charge in [0, 0.05) is 29.2 Å². The van der Waals surface area contributed by atoms with E-state index in [1.165, 1.54) is 29.5 Å². The predicted octanol–water partition coefficient (Wildman–Crippen LogP) is 3.66. The van der Waals surface area contributed by atoms with E-state index in [0.717, 1.165) is 10.6 Å². The monoisotopic (exact) mass is 438 g/mol. The van der Waals surface area contributed by atoms with Gasteiger partial charge in [-0.1, -0.05) is 30.3 Å². The van der Waals surface area contributed by atoms with E-state index in [1.54, 1.807) is 23.0 Å². The van der Waals surface area contributed by atoms with Gasteiger partial charge in [-0.05, 0) is 41.8 Å². The molecular weight excluding hydrogens is 420 g/mol. The van der Waals surface area contributed by atoms with Crippen LogP contribution in [0.1, 0.15) is 15.2 Å². The molecular formula is C21H18N4O3S2. The van der Waals surface area contributed by atoms with Gasteiger partial charge in [-0.2, -0.15) is 5.10 Å². The van der Waals surface area contributed by atoms with Crippen LogP contribution in [0.2, 0.25) is 0 Å². The highest BCUT2D eigenvalue weighted by Crippen LogP contribution is 2.16. The topological polar surface area (TPSA) is 93.1 Å². The zero-order valence-electron chi connectivity index (χ0n) is 15.7. The molecule has 0 radical (unpaired) electrons. The Kier molecular flexibility index (Phi) is 5.75. The lowest BCUT2D eigenvalue weighted by Crippen LogP contribution is -2.23. The second-order valence-electron chi connectivity index (χ2n) is 6.37. The molecule has 0 bridgehead atoms. The molecule has 0 spiro atoms. The van der Waals surface area contributed by atoms with Gasteiger partial charge < -0.3 is 5.32 Å². The number of carbonyl (C=O) groups excluding carboxylic acids is 1. The first-order valence-electron chi connectivity index (χ1n) is 9.06. The molecule has 2 N–H and O–H groups in total. The van der Waals surface area contributed by atoms with Gasteiger partial charge in [0.1, 0.15) is 0 Å². The van der Waals surface area contributed by atoms with E-state index in [1.807, 2.05) is 47.8 Å². The molecule has 0 fully saturated rings. The van der Waals surface area contributed by atoms with Crippen LogP contribution in [0.15, 0.2) is 89.3 Å². The molecule has 30 heavy (non-hydrogen) atoms. The molecule has 0 aliphatic carbocycles. The highest BCUT2D eigenvalue weighted by Gasteiger charge is 2.17. The Morgan fingerprint density at radius 1 is 1.00 bits per heavy atom. The number of rotatable bonds is 7. The van der Waals surface area contributed by atoms with Crippen LogP contribution in [0.25, 0.3) is 5.69 Å². The fourth-order valence-corrected chi connectivity index (χ4v) is 4.56. The van der Waals surface area contributed by atoms with Gasteiger partial charge in [0.15, 0.2) is 5.82 Å². The Bertz CT molecular complexity index is 1250. The van der Waals surface area contributed by atoms with Crippen molar-refractivity contribution in [2.24, 2.45) is 0 Å². The number of sulfonamides is 1. The number of hydrogen-bond acceptors (Lipinski definition) is 5. The van der Waals surface area contributed by atoms with Gasteiger partial charge in [0.25, 0.3) is 5.91 Å². The molecule has 0 saturated heterocycles. The van der Waals surface area contributed by atoms with Crippen LogP contribution < -0.4 is 10.0 Å². The molecule has 2 aromatic carbocycles. The fraction of sp³-hybridized carbons (Fsp3) is 0.0476. The van der Waals surface area contributed by atoms with Crippen molar-refractivity contribution in [3.63, 3.8) is 0 Å². The number of anilines is 1. The first-order chi connectivity index (χ1) is 14.5. The molecule has 7 nitrogen and oxygen atoms in total. The maximum atomic E-state index is 12.6. The summed E-state index contributed by atoms with van der Waals surface area (Å²) in [6, 6.07) is 20.8. The van der Waals surface area contributed by atoms with Gasteiger partial charge in [-0.15, -0.1) is 11.3 Å². The lowest BCUT2D eigenvalue weighted by molar-refractivity contribution is 0.102. The van der Waals surface area contributed by atoms with Crippen LogP contribution in [0.5, 0.6) is 0 Å². The highest BCUT2D eigenvalue weighted by molar-refractivity contribution is 7.89. The van der Waals surface area contributed by atoms with E-state index < -0.39 is 15.9 Å². The maximum Gasteiger partial charge on any atom is 0.256 e. The van der Waals surface area contributed by atoms with E-state index in [0.29, 0.717) is 5.82 Å². The van der Waals surface area contributed by atoms with Gasteiger partial charge in [0.05, 0.1) is 10.6 Å².